The lowest BCUT2D eigenvalue weighted by Crippen LogP contribution is -2.39. The van der Waals surface area contributed by atoms with Crippen molar-refractivity contribution in [3.63, 3.8) is 0 Å². The van der Waals surface area contributed by atoms with Gasteiger partial charge in [-0.3, -0.25) is 4.79 Å². The highest BCUT2D eigenvalue weighted by atomic mass is 16.5. The van der Waals surface area contributed by atoms with E-state index in [1.165, 1.54) is 18.2 Å². The van der Waals surface area contributed by atoms with Gasteiger partial charge in [-0.1, -0.05) is 60.7 Å². The predicted molar refractivity (Wildman–Crippen MR) is 78.5 cm³/mol. The van der Waals surface area contributed by atoms with Gasteiger partial charge in [0, 0.05) is 0 Å². The van der Waals surface area contributed by atoms with Crippen molar-refractivity contribution in [2.45, 2.75) is 18.3 Å². The van der Waals surface area contributed by atoms with Gasteiger partial charge in [-0.2, -0.15) is 0 Å². The monoisotopic (exact) mass is 266 g/mol. The van der Waals surface area contributed by atoms with E-state index < -0.39 is 0 Å². The summed E-state index contributed by atoms with van der Waals surface area (Å²) in [6.07, 6.45) is 1.01. The molecule has 2 unspecified atom stereocenters. The number of carbonyl (C=O) groups is 1. The van der Waals surface area contributed by atoms with Crippen molar-refractivity contribution in [1.29, 1.82) is 0 Å². The maximum atomic E-state index is 12.1. The van der Waals surface area contributed by atoms with Crippen LogP contribution >= 0.6 is 0 Å². The number of carbonyl (C=O) groups excluding carboxylic acids is 1. The van der Waals surface area contributed by atoms with Crippen LogP contribution < -0.4 is 0 Å². The van der Waals surface area contributed by atoms with E-state index >= 15 is 0 Å². The van der Waals surface area contributed by atoms with Crippen LogP contribution in [0.5, 0.6) is 0 Å². The zero-order valence-corrected chi connectivity index (χ0v) is 11.5. The van der Waals surface area contributed by atoms with Crippen molar-refractivity contribution < 1.29 is 9.53 Å². The molecule has 2 aromatic rings. The molecule has 1 fully saturated rings. The molecule has 0 N–H and O–H groups in total. The first-order valence-corrected chi connectivity index (χ1v) is 6.99. The number of benzene rings is 2. The molecule has 0 spiro atoms. The van der Waals surface area contributed by atoms with E-state index in [1.54, 1.807) is 0 Å². The molecule has 0 saturated heterocycles. The highest BCUT2D eigenvalue weighted by Gasteiger charge is 2.47. The van der Waals surface area contributed by atoms with E-state index in [4.69, 9.17) is 4.74 Å². The first-order chi connectivity index (χ1) is 9.81. The van der Waals surface area contributed by atoms with E-state index in [0.717, 1.165) is 6.42 Å². The molecule has 2 heteroatoms. The van der Waals surface area contributed by atoms with E-state index in [-0.39, 0.29) is 23.7 Å². The van der Waals surface area contributed by atoms with Gasteiger partial charge in [0.1, 0.15) is 0 Å². The molecule has 102 valence electrons. The van der Waals surface area contributed by atoms with Crippen molar-refractivity contribution in [3.8, 4) is 0 Å². The second-order valence-corrected chi connectivity index (χ2v) is 5.32. The van der Waals surface area contributed by atoms with E-state index in [2.05, 4.69) is 24.3 Å². The maximum absolute atomic E-state index is 12.1. The minimum absolute atomic E-state index is 0.0650. The van der Waals surface area contributed by atoms with Crippen LogP contribution in [0.3, 0.4) is 0 Å². The van der Waals surface area contributed by atoms with Crippen molar-refractivity contribution in [3.05, 3.63) is 71.8 Å². The van der Waals surface area contributed by atoms with Gasteiger partial charge in [-0.05, 0) is 29.4 Å². The van der Waals surface area contributed by atoms with Crippen LogP contribution in [0.2, 0.25) is 0 Å². The lowest BCUT2D eigenvalue weighted by atomic mass is 9.60. The number of esters is 1. The summed E-state index contributed by atoms with van der Waals surface area (Å²) in [7, 11) is 1.48. The standard InChI is InChI=1S/C18H18O2/c1-20-18(19)17-15(13-8-4-2-5-9-13)12-16(17)14-10-6-3-7-11-14/h2-11,15-17H,12H2,1H3. The molecule has 2 atom stereocenters. The average Bonchev–Trinajstić information content (AvgIpc) is 2.48. The largest absolute Gasteiger partial charge is 0.469 e. The van der Waals surface area contributed by atoms with Crippen LogP contribution in [0.4, 0.5) is 0 Å². The van der Waals surface area contributed by atoms with Crippen molar-refractivity contribution in [1.82, 2.24) is 0 Å². The minimum atomic E-state index is -0.0982. The van der Waals surface area contributed by atoms with Gasteiger partial charge >= 0.3 is 5.97 Å². The summed E-state index contributed by atoms with van der Waals surface area (Å²) >= 11 is 0. The molecule has 20 heavy (non-hydrogen) atoms. The SMILES string of the molecule is COC(=O)C1C(c2ccccc2)CC1c1ccccc1. The molecule has 1 aliphatic carbocycles. The number of methoxy groups -OCH3 is 1. The highest BCUT2D eigenvalue weighted by Crippen LogP contribution is 2.53. The topological polar surface area (TPSA) is 26.3 Å². The minimum Gasteiger partial charge on any atom is -0.469 e. The maximum Gasteiger partial charge on any atom is 0.309 e. The quantitative estimate of drug-likeness (QED) is 0.791. The molecule has 0 radical (unpaired) electrons. The molecular formula is C18H18O2. The van der Waals surface area contributed by atoms with Crippen LogP contribution in [0.1, 0.15) is 29.4 Å². The summed E-state index contributed by atoms with van der Waals surface area (Å²) in [5.41, 5.74) is 2.46. The molecule has 3 rings (SSSR count). The van der Waals surface area contributed by atoms with Gasteiger partial charge in [-0.25, -0.2) is 0 Å². The Morgan fingerprint density at radius 2 is 1.35 bits per heavy atom. The van der Waals surface area contributed by atoms with Gasteiger partial charge in [0.25, 0.3) is 0 Å². The lowest BCUT2D eigenvalue weighted by Gasteiger charge is -2.43. The Bertz CT molecular complexity index is 531. The van der Waals surface area contributed by atoms with Gasteiger partial charge in [-0.15, -0.1) is 0 Å². The molecule has 2 nitrogen and oxygen atoms in total. The van der Waals surface area contributed by atoms with E-state index in [9.17, 15) is 4.79 Å². The molecule has 1 aliphatic rings. The third-order valence-electron chi connectivity index (χ3n) is 4.30. The van der Waals surface area contributed by atoms with Crippen molar-refractivity contribution >= 4 is 5.97 Å². The Balaban J connectivity index is 1.87. The van der Waals surface area contributed by atoms with Gasteiger partial charge in [0.15, 0.2) is 0 Å². The first kappa shape index (κ1) is 12.9. The molecule has 0 bridgehead atoms. The summed E-state index contributed by atoms with van der Waals surface area (Å²) < 4.78 is 5.02. The summed E-state index contributed by atoms with van der Waals surface area (Å²) in [5, 5.41) is 0. The fraction of sp³-hybridized carbons (Fsp3) is 0.278. The van der Waals surface area contributed by atoms with Crippen LogP contribution in [-0.4, -0.2) is 13.1 Å². The van der Waals surface area contributed by atoms with Crippen molar-refractivity contribution in [2.24, 2.45) is 5.92 Å². The first-order valence-electron chi connectivity index (χ1n) is 6.99. The fourth-order valence-corrected chi connectivity index (χ4v) is 3.20. The zero-order chi connectivity index (χ0) is 13.9. The Morgan fingerprint density at radius 1 is 0.900 bits per heavy atom. The lowest BCUT2D eigenvalue weighted by molar-refractivity contribution is -0.150. The molecule has 0 amide bonds. The smallest absolute Gasteiger partial charge is 0.309 e. The summed E-state index contributed by atoms with van der Waals surface area (Å²) in [6, 6.07) is 20.5. The van der Waals surface area contributed by atoms with Gasteiger partial charge < -0.3 is 4.74 Å². The molecule has 0 aromatic heterocycles. The molecule has 0 heterocycles. The van der Waals surface area contributed by atoms with Crippen molar-refractivity contribution in [2.75, 3.05) is 7.11 Å². The third-order valence-corrected chi connectivity index (χ3v) is 4.30. The van der Waals surface area contributed by atoms with Crippen LogP contribution in [0.25, 0.3) is 0 Å². The van der Waals surface area contributed by atoms with Crippen LogP contribution in [0.15, 0.2) is 60.7 Å². The molecule has 0 aliphatic heterocycles. The zero-order valence-electron chi connectivity index (χ0n) is 11.5. The molecular weight excluding hydrogens is 248 g/mol. The third kappa shape index (κ3) is 2.22. The van der Waals surface area contributed by atoms with Gasteiger partial charge in [0.2, 0.25) is 0 Å². The number of rotatable bonds is 3. The number of hydrogen-bond acceptors (Lipinski definition) is 2. The van der Waals surface area contributed by atoms with E-state index in [0.29, 0.717) is 0 Å². The average molecular weight is 266 g/mol. The van der Waals surface area contributed by atoms with Crippen LogP contribution in [-0.2, 0) is 9.53 Å². The Kier molecular flexibility index (Phi) is 3.55. The second-order valence-electron chi connectivity index (χ2n) is 5.32. The summed E-state index contributed by atoms with van der Waals surface area (Å²) in [5.74, 6) is 0.381. The Hall–Kier alpha value is -2.09. The Labute approximate surface area is 119 Å². The van der Waals surface area contributed by atoms with E-state index in [1.807, 2.05) is 36.4 Å². The number of ether oxygens (including phenoxy) is 1. The van der Waals surface area contributed by atoms with Crippen LogP contribution in [0, 0.1) is 5.92 Å². The fourth-order valence-electron chi connectivity index (χ4n) is 3.20. The number of hydrogen-bond donors (Lipinski definition) is 0. The predicted octanol–water partition coefficient (Wildman–Crippen LogP) is 3.75. The Morgan fingerprint density at radius 3 is 1.75 bits per heavy atom. The normalized spacial score (nSPS) is 24.8. The second kappa shape index (κ2) is 5.49. The summed E-state index contributed by atoms with van der Waals surface area (Å²) in [6.45, 7) is 0. The van der Waals surface area contributed by atoms with Gasteiger partial charge in [0.05, 0.1) is 13.0 Å². The summed E-state index contributed by atoms with van der Waals surface area (Å²) in [4.78, 5) is 12.1. The highest BCUT2D eigenvalue weighted by molar-refractivity contribution is 5.76. The molecule has 2 aromatic carbocycles. The molecule has 1 saturated carbocycles.